The van der Waals surface area contributed by atoms with Gasteiger partial charge in [-0.3, -0.25) is 4.79 Å². The Morgan fingerprint density at radius 3 is 2.86 bits per heavy atom. The summed E-state index contributed by atoms with van der Waals surface area (Å²) in [5.41, 5.74) is 0.860. The molecule has 2 N–H and O–H groups in total. The fourth-order valence-corrected chi connectivity index (χ4v) is 2.55. The summed E-state index contributed by atoms with van der Waals surface area (Å²) in [5.74, 6) is 0.580. The van der Waals surface area contributed by atoms with Gasteiger partial charge in [0, 0.05) is 6.04 Å². The molecule has 0 unspecified atom stereocenters. The third-order valence-corrected chi connectivity index (χ3v) is 3.63. The molecule has 2 rings (SSSR count). The number of carbonyl (C=O) groups is 1. The van der Waals surface area contributed by atoms with Crippen LogP contribution in [0, 0.1) is 11.3 Å². The molecule has 1 aromatic rings. The molecule has 0 aromatic heterocycles. The van der Waals surface area contributed by atoms with Gasteiger partial charge >= 0.3 is 0 Å². The molecule has 0 heterocycles. The molecule has 0 saturated heterocycles. The predicted octanol–water partition coefficient (Wildman–Crippen LogP) is 1.55. The Labute approximate surface area is 124 Å². The molecule has 1 aromatic carbocycles. The number of nitriles is 1. The minimum atomic E-state index is -0.216. The minimum Gasteiger partial charge on any atom is -0.479 e. The molecule has 0 spiro atoms. The number of hydrogen-bond donors (Lipinski definition) is 2. The van der Waals surface area contributed by atoms with Crippen molar-refractivity contribution in [3.63, 3.8) is 0 Å². The van der Waals surface area contributed by atoms with Crippen molar-refractivity contribution >= 4 is 5.91 Å². The van der Waals surface area contributed by atoms with E-state index in [9.17, 15) is 9.90 Å². The highest BCUT2D eigenvalue weighted by atomic mass is 16.5. The second-order valence-electron chi connectivity index (χ2n) is 5.34. The molecule has 0 bridgehead atoms. The Hall–Kier alpha value is -2.06. The summed E-state index contributed by atoms with van der Waals surface area (Å²) in [6.45, 7) is 0.0000499. The quantitative estimate of drug-likeness (QED) is 0.861. The van der Waals surface area contributed by atoms with Crippen molar-refractivity contribution in [3.8, 4) is 11.8 Å². The third-order valence-electron chi connectivity index (χ3n) is 3.63. The van der Waals surface area contributed by atoms with E-state index >= 15 is 0 Å². The first-order valence-electron chi connectivity index (χ1n) is 7.23. The van der Waals surface area contributed by atoms with E-state index in [-0.39, 0.29) is 24.7 Å². The zero-order valence-electron chi connectivity index (χ0n) is 11.9. The second-order valence-corrected chi connectivity index (χ2v) is 5.34. The summed E-state index contributed by atoms with van der Waals surface area (Å²) in [6, 6.07) is 9.30. The first kappa shape index (κ1) is 15.3. The van der Waals surface area contributed by atoms with E-state index in [1.54, 1.807) is 12.1 Å². The summed E-state index contributed by atoms with van der Waals surface area (Å²) < 4.78 is 5.22. The molecule has 0 aliphatic heterocycles. The molecular formula is C16H20N2O3. The van der Waals surface area contributed by atoms with Gasteiger partial charge in [0.1, 0.15) is 11.8 Å². The first-order valence-corrected chi connectivity index (χ1v) is 7.23. The normalized spacial score (nSPS) is 21.3. The highest BCUT2D eigenvalue weighted by Gasteiger charge is 2.20. The maximum atomic E-state index is 12.0. The number of hydrogen-bond acceptors (Lipinski definition) is 4. The zero-order chi connectivity index (χ0) is 15.1. The van der Waals surface area contributed by atoms with Crippen molar-refractivity contribution in [1.82, 2.24) is 5.32 Å². The smallest absolute Gasteiger partial charge is 0.224 e. The van der Waals surface area contributed by atoms with Crippen LogP contribution in [0.4, 0.5) is 0 Å². The number of nitrogens with one attached hydrogen (secondary N) is 1. The van der Waals surface area contributed by atoms with E-state index in [1.165, 1.54) is 0 Å². The number of aliphatic hydroxyl groups excluding tert-OH is 1. The van der Waals surface area contributed by atoms with Gasteiger partial charge in [-0.1, -0.05) is 12.1 Å². The van der Waals surface area contributed by atoms with E-state index in [0.29, 0.717) is 12.2 Å². The Kier molecular flexibility index (Phi) is 5.59. The third kappa shape index (κ3) is 5.09. The Morgan fingerprint density at radius 2 is 2.14 bits per heavy atom. The number of aliphatic hydroxyl groups is 1. The Balaban J connectivity index is 1.83. The molecule has 0 radical (unpaired) electrons. The van der Waals surface area contributed by atoms with Crippen molar-refractivity contribution in [2.75, 3.05) is 6.61 Å². The fraction of sp³-hybridized carbons (Fsp3) is 0.500. The number of benzene rings is 1. The van der Waals surface area contributed by atoms with Gasteiger partial charge in [0.15, 0.2) is 6.61 Å². The lowest BCUT2D eigenvalue weighted by Gasteiger charge is -2.26. The van der Waals surface area contributed by atoms with E-state index in [2.05, 4.69) is 5.32 Å². The summed E-state index contributed by atoms with van der Waals surface area (Å²) in [4.78, 5) is 12.0. The van der Waals surface area contributed by atoms with Crippen LogP contribution in [0.3, 0.4) is 0 Å². The monoisotopic (exact) mass is 288 g/mol. The molecule has 0 atom stereocenters. The van der Waals surface area contributed by atoms with Gasteiger partial charge in [0.2, 0.25) is 5.91 Å². The summed E-state index contributed by atoms with van der Waals surface area (Å²) >= 11 is 0. The van der Waals surface area contributed by atoms with E-state index in [0.717, 1.165) is 31.2 Å². The van der Waals surface area contributed by atoms with Gasteiger partial charge in [0.05, 0.1) is 12.5 Å². The van der Waals surface area contributed by atoms with Crippen LogP contribution in [0.2, 0.25) is 0 Å². The highest BCUT2D eigenvalue weighted by molar-refractivity contribution is 5.79. The Morgan fingerprint density at radius 1 is 1.38 bits per heavy atom. The van der Waals surface area contributed by atoms with Gasteiger partial charge in [-0.25, -0.2) is 0 Å². The zero-order valence-corrected chi connectivity index (χ0v) is 11.9. The fourth-order valence-electron chi connectivity index (χ4n) is 2.55. The van der Waals surface area contributed by atoms with Crippen LogP contribution in [-0.2, 0) is 11.2 Å². The van der Waals surface area contributed by atoms with Crippen LogP contribution in [-0.4, -0.2) is 29.8 Å². The average Bonchev–Trinajstić information content (AvgIpc) is 2.48. The van der Waals surface area contributed by atoms with E-state index in [4.69, 9.17) is 10.00 Å². The maximum absolute atomic E-state index is 12.0. The lowest BCUT2D eigenvalue weighted by atomic mass is 9.93. The van der Waals surface area contributed by atoms with Crippen molar-refractivity contribution in [3.05, 3.63) is 29.8 Å². The molecular weight excluding hydrogens is 268 g/mol. The largest absolute Gasteiger partial charge is 0.479 e. The van der Waals surface area contributed by atoms with Gasteiger partial charge in [-0.15, -0.1) is 0 Å². The van der Waals surface area contributed by atoms with Crippen molar-refractivity contribution in [2.45, 2.75) is 44.2 Å². The van der Waals surface area contributed by atoms with E-state index in [1.807, 2.05) is 18.2 Å². The average molecular weight is 288 g/mol. The van der Waals surface area contributed by atoms with E-state index < -0.39 is 0 Å². The molecule has 1 fully saturated rings. The number of ether oxygens (including phenoxy) is 1. The van der Waals surface area contributed by atoms with Gasteiger partial charge < -0.3 is 15.2 Å². The van der Waals surface area contributed by atoms with Gasteiger partial charge in [-0.05, 0) is 43.4 Å². The molecule has 1 aliphatic carbocycles. The second kappa shape index (κ2) is 7.65. The topological polar surface area (TPSA) is 82.3 Å². The SMILES string of the molecule is N#CCOc1cccc(CC(=O)NC2CCC(O)CC2)c1. The van der Waals surface area contributed by atoms with Crippen LogP contribution >= 0.6 is 0 Å². The standard InChI is InChI=1S/C16H20N2O3/c17-8-9-21-15-3-1-2-12(10-15)11-16(20)18-13-4-6-14(19)7-5-13/h1-3,10,13-14,19H,4-7,9,11H2,(H,18,20). The van der Waals surface area contributed by atoms with Crippen LogP contribution in [0.25, 0.3) is 0 Å². The number of nitrogens with zero attached hydrogens (tertiary/aromatic N) is 1. The molecule has 1 amide bonds. The molecule has 5 heteroatoms. The molecule has 112 valence electrons. The number of amides is 1. The van der Waals surface area contributed by atoms with Crippen LogP contribution in [0.15, 0.2) is 24.3 Å². The summed E-state index contributed by atoms with van der Waals surface area (Å²) in [5, 5.41) is 20.9. The molecule has 1 aliphatic rings. The van der Waals surface area contributed by atoms with Crippen molar-refractivity contribution < 1.29 is 14.6 Å². The van der Waals surface area contributed by atoms with Crippen molar-refractivity contribution in [2.24, 2.45) is 0 Å². The number of rotatable bonds is 5. The lowest BCUT2D eigenvalue weighted by Crippen LogP contribution is -2.39. The first-order chi connectivity index (χ1) is 10.2. The predicted molar refractivity (Wildman–Crippen MR) is 77.7 cm³/mol. The summed E-state index contributed by atoms with van der Waals surface area (Å²) in [6.07, 6.45) is 3.25. The van der Waals surface area contributed by atoms with Gasteiger partial charge in [-0.2, -0.15) is 5.26 Å². The van der Waals surface area contributed by atoms with Crippen LogP contribution < -0.4 is 10.1 Å². The van der Waals surface area contributed by atoms with Crippen LogP contribution in [0.1, 0.15) is 31.2 Å². The molecule has 1 saturated carbocycles. The lowest BCUT2D eigenvalue weighted by molar-refractivity contribution is -0.121. The van der Waals surface area contributed by atoms with Crippen LogP contribution in [0.5, 0.6) is 5.75 Å². The van der Waals surface area contributed by atoms with Gasteiger partial charge in [0.25, 0.3) is 0 Å². The molecule has 21 heavy (non-hydrogen) atoms. The Bertz CT molecular complexity index is 516. The highest BCUT2D eigenvalue weighted by Crippen LogP contribution is 2.19. The minimum absolute atomic E-state index is 0.0000499. The number of carbonyl (C=O) groups excluding carboxylic acids is 1. The molecule has 5 nitrogen and oxygen atoms in total. The maximum Gasteiger partial charge on any atom is 0.224 e. The summed E-state index contributed by atoms with van der Waals surface area (Å²) in [7, 11) is 0. The van der Waals surface area contributed by atoms with Crippen molar-refractivity contribution in [1.29, 1.82) is 5.26 Å².